The molecule has 0 radical (unpaired) electrons. The first-order chi connectivity index (χ1) is 13.9. The number of fused-ring (bicyclic) bond motifs is 1. The molecule has 3 N–H and O–H groups in total. The van der Waals surface area contributed by atoms with E-state index >= 15 is 0 Å². The second kappa shape index (κ2) is 7.36. The number of H-pyrrole nitrogens is 1. The molecule has 3 aromatic carbocycles. The Labute approximate surface area is 165 Å². The van der Waals surface area contributed by atoms with Crippen molar-refractivity contribution in [3.63, 3.8) is 0 Å². The van der Waals surface area contributed by atoms with Gasteiger partial charge in [-0.1, -0.05) is 24.3 Å². The van der Waals surface area contributed by atoms with Crippen LogP contribution in [0.5, 0.6) is 0 Å². The number of nitrogens with one attached hydrogen (secondary N) is 3. The molecule has 0 atom stereocenters. The van der Waals surface area contributed by atoms with Crippen LogP contribution >= 0.6 is 0 Å². The van der Waals surface area contributed by atoms with E-state index in [1.807, 2.05) is 18.2 Å². The van der Waals surface area contributed by atoms with E-state index in [1.54, 1.807) is 18.2 Å². The van der Waals surface area contributed by atoms with Crippen LogP contribution in [-0.2, 0) is 10.0 Å². The Morgan fingerprint density at radius 1 is 0.931 bits per heavy atom. The van der Waals surface area contributed by atoms with Crippen molar-refractivity contribution in [2.75, 3.05) is 10.0 Å². The summed E-state index contributed by atoms with van der Waals surface area (Å²) in [6.07, 6.45) is 0. The van der Waals surface area contributed by atoms with Crippen molar-refractivity contribution < 1.29 is 17.6 Å². The van der Waals surface area contributed by atoms with Crippen molar-refractivity contribution in [3.8, 4) is 0 Å². The Morgan fingerprint density at radius 2 is 1.62 bits per heavy atom. The number of amides is 1. The van der Waals surface area contributed by atoms with Gasteiger partial charge in [0.15, 0.2) is 0 Å². The van der Waals surface area contributed by atoms with E-state index in [4.69, 9.17) is 0 Å². The SMILES string of the molecule is O=C(Nc1nc2ccccc2[nH]1)c1ccccc1NS(=O)(=O)c1ccc(F)cc1. The van der Waals surface area contributed by atoms with Crippen molar-refractivity contribution in [1.29, 1.82) is 0 Å². The Balaban J connectivity index is 1.60. The van der Waals surface area contributed by atoms with Gasteiger partial charge >= 0.3 is 0 Å². The van der Waals surface area contributed by atoms with Gasteiger partial charge in [0.2, 0.25) is 5.95 Å². The molecule has 1 amide bonds. The van der Waals surface area contributed by atoms with Crippen LogP contribution in [-0.4, -0.2) is 24.3 Å². The average molecular weight is 410 g/mol. The van der Waals surface area contributed by atoms with Crippen LogP contribution in [0, 0.1) is 5.82 Å². The maximum Gasteiger partial charge on any atom is 0.261 e. The maximum atomic E-state index is 13.1. The molecule has 0 bridgehead atoms. The number of hydrogen-bond acceptors (Lipinski definition) is 4. The number of sulfonamides is 1. The number of para-hydroxylation sites is 3. The monoisotopic (exact) mass is 410 g/mol. The molecule has 9 heteroatoms. The van der Waals surface area contributed by atoms with E-state index in [0.717, 1.165) is 29.8 Å². The fraction of sp³-hybridized carbons (Fsp3) is 0. The maximum absolute atomic E-state index is 13.1. The third-order valence-corrected chi connectivity index (χ3v) is 5.54. The van der Waals surface area contributed by atoms with Gasteiger partial charge < -0.3 is 4.98 Å². The standard InChI is InChI=1S/C20H15FN4O3S/c21-13-9-11-14(12-10-13)29(27,28)25-16-6-2-1-5-15(16)19(26)24-20-22-17-7-3-4-8-18(17)23-20/h1-12,25H,(H2,22,23,24,26). The van der Waals surface area contributed by atoms with Gasteiger partial charge in [-0.05, 0) is 48.5 Å². The Morgan fingerprint density at radius 3 is 2.38 bits per heavy atom. The molecule has 0 aliphatic rings. The van der Waals surface area contributed by atoms with Crippen LogP contribution in [0.3, 0.4) is 0 Å². The van der Waals surface area contributed by atoms with Crippen LogP contribution in [0.25, 0.3) is 11.0 Å². The minimum absolute atomic E-state index is 0.0884. The summed E-state index contributed by atoms with van der Waals surface area (Å²) in [5.74, 6) is -0.844. The van der Waals surface area contributed by atoms with Gasteiger partial charge in [-0.25, -0.2) is 17.8 Å². The predicted molar refractivity (Wildman–Crippen MR) is 108 cm³/mol. The van der Waals surface area contributed by atoms with Crippen LogP contribution in [0.1, 0.15) is 10.4 Å². The van der Waals surface area contributed by atoms with E-state index < -0.39 is 21.7 Å². The van der Waals surface area contributed by atoms with Gasteiger partial charge in [0, 0.05) is 0 Å². The number of nitrogens with zero attached hydrogens (tertiary/aromatic N) is 1. The quantitative estimate of drug-likeness (QED) is 0.466. The van der Waals surface area contributed by atoms with Gasteiger partial charge in [0.25, 0.3) is 15.9 Å². The Kier molecular flexibility index (Phi) is 4.73. The molecule has 0 aliphatic heterocycles. The summed E-state index contributed by atoms with van der Waals surface area (Å²) in [5.41, 5.74) is 1.64. The second-order valence-corrected chi connectivity index (χ2v) is 7.84. The summed E-state index contributed by atoms with van der Waals surface area (Å²) in [6, 6.07) is 17.8. The Bertz CT molecular complexity index is 1270. The minimum Gasteiger partial charge on any atom is -0.324 e. The van der Waals surface area contributed by atoms with Gasteiger partial charge in [-0.3, -0.25) is 14.8 Å². The fourth-order valence-electron chi connectivity index (χ4n) is 2.77. The fourth-order valence-corrected chi connectivity index (χ4v) is 3.85. The molecule has 146 valence electrons. The molecular formula is C20H15FN4O3S. The van der Waals surface area contributed by atoms with Gasteiger partial charge in [-0.15, -0.1) is 0 Å². The lowest BCUT2D eigenvalue weighted by Gasteiger charge is -2.12. The predicted octanol–water partition coefficient (Wildman–Crippen LogP) is 3.76. The second-order valence-electron chi connectivity index (χ2n) is 6.16. The average Bonchev–Trinajstić information content (AvgIpc) is 3.10. The number of benzene rings is 3. The lowest BCUT2D eigenvalue weighted by atomic mass is 10.2. The van der Waals surface area contributed by atoms with Crippen LogP contribution in [0.15, 0.2) is 77.7 Å². The highest BCUT2D eigenvalue weighted by molar-refractivity contribution is 7.92. The summed E-state index contributed by atoms with van der Waals surface area (Å²) in [7, 11) is -4.00. The first kappa shape index (κ1) is 18.6. The number of carbonyl (C=O) groups excluding carboxylic acids is 1. The largest absolute Gasteiger partial charge is 0.324 e. The van der Waals surface area contributed by atoms with Gasteiger partial charge in [0.05, 0.1) is 27.2 Å². The first-order valence-electron chi connectivity index (χ1n) is 8.56. The number of carbonyl (C=O) groups is 1. The first-order valence-corrected chi connectivity index (χ1v) is 10.0. The smallest absolute Gasteiger partial charge is 0.261 e. The molecule has 1 aromatic heterocycles. The zero-order valence-electron chi connectivity index (χ0n) is 14.9. The molecular weight excluding hydrogens is 395 g/mol. The number of anilines is 2. The molecule has 1 heterocycles. The molecule has 4 rings (SSSR count). The molecule has 0 saturated carbocycles. The van der Waals surface area contributed by atoms with Crippen molar-refractivity contribution in [2.24, 2.45) is 0 Å². The van der Waals surface area contributed by atoms with E-state index in [9.17, 15) is 17.6 Å². The lowest BCUT2D eigenvalue weighted by Crippen LogP contribution is -2.19. The van der Waals surface area contributed by atoms with Crippen molar-refractivity contribution in [3.05, 3.63) is 84.2 Å². The lowest BCUT2D eigenvalue weighted by molar-refractivity contribution is 0.102. The number of rotatable bonds is 5. The molecule has 0 unspecified atom stereocenters. The molecule has 7 nitrogen and oxygen atoms in total. The summed E-state index contributed by atoms with van der Waals surface area (Å²) in [5, 5.41) is 2.63. The molecule has 29 heavy (non-hydrogen) atoms. The third-order valence-electron chi connectivity index (χ3n) is 4.16. The topological polar surface area (TPSA) is 104 Å². The van der Waals surface area contributed by atoms with Crippen LogP contribution in [0.4, 0.5) is 16.0 Å². The number of imidazole rings is 1. The molecule has 0 spiro atoms. The van der Waals surface area contributed by atoms with Gasteiger partial charge in [0.1, 0.15) is 5.82 Å². The highest BCUT2D eigenvalue weighted by Crippen LogP contribution is 2.22. The third kappa shape index (κ3) is 3.94. The van der Waals surface area contributed by atoms with Crippen molar-refractivity contribution in [2.45, 2.75) is 4.90 Å². The minimum atomic E-state index is -4.00. The van der Waals surface area contributed by atoms with E-state index in [-0.39, 0.29) is 22.1 Å². The van der Waals surface area contributed by atoms with E-state index in [1.165, 1.54) is 12.1 Å². The molecule has 4 aromatic rings. The Hall–Kier alpha value is -3.72. The van der Waals surface area contributed by atoms with Crippen LogP contribution < -0.4 is 10.0 Å². The summed E-state index contributed by atoms with van der Waals surface area (Å²) in [6.45, 7) is 0. The van der Waals surface area contributed by atoms with E-state index in [2.05, 4.69) is 20.0 Å². The number of aromatic nitrogens is 2. The molecule has 0 aliphatic carbocycles. The zero-order chi connectivity index (χ0) is 20.4. The summed E-state index contributed by atoms with van der Waals surface area (Å²) in [4.78, 5) is 19.9. The highest BCUT2D eigenvalue weighted by atomic mass is 32.2. The number of halogens is 1. The van der Waals surface area contributed by atoms with Crippen molar-refractivity contribution in [1.82, 2.24) is 9.97 Å². The molecule has 0 saturated heterocycles. The highest BCUT2D eigenvalue weighted by Gasteiger charge is 2.19. The zero-order valence-corrected chi connectivity index (χ0v) is 15.7. The number of hydrogen-bond donors (Lipinski definition) is 3. The normalized spacial score (nSPS) is 11.3. The van der Waals surface area contributed by atoms with Crippen LogP contribution in [0.2, 0.25) is 0 Å². The van der Waals surface area contributed by atoms with Gasteiger partial charge in [-0.2, -0.15) is 0 Å². The number of aromatic amines is 1. The summed E-state index contributed by atoms with van der Waals surface area (Å²) < 4.78 is 40.6. The molecule has 0 fully saturated rings. The van der Waals surface area contributed by atoms with Crippen molar-refractivity contribution >= 4 is 38.6 Å². The summed E-state index contributed by atoms with van der Waals surface area (Å²) >= 11 is 0. The van der Waals surface area contributed by atoms with E-state index in [0.29, 0.717) is 5.52 Å².